The molecule has 2 aliphatic heterocycles. The lowest BCUT2D eigenvalue weighted by molar-refractivity contribution is -0.341. The highest BCUT2D eigenvalue weighted by Gasteiger charge is 2.52. The molecule has 3 heterocycles. The molecule has 1 aromatic heterocycles. The van der Waals surface area contributed by atoms with Gasteiger partial charge in [-0.25, -0.2) is 0 Å². The minimum absolute atomic E-state index is 0.0380. The number of phenols is 1. The number of aliphatic hydroxyl groups is 6. The second kappa shape index (κ2) is 9.49. The summed E-state index contributed by atoms with van der Waals surface area (Å²) in [5.74, 6) is -0.0850. The average molecular weight is 520 g/mol. The first-order valence-electron chi connectivity index (χ1n) is 11.8. The highest BCUT2D eigenvalue weighted by atomic mass is 16.7. The number of aromatic nitrogens is 1. The number of hydrogen-bond acceptors (Lipinski definition) is 11. The molecule has 3 aromatic rings. The van der Waals surface area contributed by atoms with Crippen molar-refractivity contribution in [3.05, 3.63) is 46.1 Å². The summed E-state index contributed by atoms with van der Waals surface area (Å²) in [6.07, 6.45) is -9.04. The van der Waals surface area contributed by atoms with Gasteiger partial charge in [0.15, 0.2) is 11.9 Å². The van der Waals surface area contributed by atoms with E-state index in [0.717, 1.165) is 0 Å². The van der Waals surface area contributed by atoms with Crippen LogP contribution < -0.4 is 10.2 Å². The summed E-state index contributed by atoms with van der Waals surface area (Å²) < 4.78 is 19.0. The van der Waals surface area contributed by atoms with Crippen LogP contribution in [0.5, 0.6) is 11.5 Å². The third kappa shape index (κ3) is 3.88. The van der Waals surface area contributed by atoms with E-state index in [1.165, 1.54) is 6.07 Å². The van der Waals surface area contributed by atoms with Crippen LogP contribution in [0.4, 0.5) is 0 Å². The molecule has 0 saturated carbocycles. The van der Waals surface area contributed by atoms with E-state index in [-0.39, 0.29) is 28.7 Å². The van der Waals surface area contributed by atoms with Gasteiger partial charge in [-0.15, -0.1) is 0 Å². The van der Waals surface area contributed by atoms with Crippen molar-refractivity contribution in [1.82, 2.24) is 4.57 Å². The molecule has 1 saturated heterocycles. The number of nitrogens with zero attached hydrogens (tertiary/aromatic N) is 1. The van der Waals surface area contributed by atoms with Gasteiger partial charge >= 0.3 is 0 Å². The second-order valence-corrected chi connectivity index (χ2v) is 9.51. The highest BCUT2D eigenvalue weighted by Crippen LogP contribution is 2.43. The average Bonchev–Trinajstić information content (AvgIpc) is 3.34. The van der Waals surface area contributed by atoms with Crippen LogP contribution in [-0.4, -0.2) is 103 Å². The van der Waals surface area contributed by atoms with Gasteiger partial charge in [0.05, 0.1) is 36.2 Å². The SMILES string of the molecule is Cn1c2ccccc2c(=O)c2c(O)cc3c(c21)C[C@@H](C(CO)(CO)O[C@@H]1O[C@H](CO)[C@@H](O)[C@H](O)[C@H]1O)O3. The van der Waals surface area contributed by atoms with Crippen molar-refractivity contribution in [3.63, 3.8) is 0 Å². The number of pyridine rings is 1. The zero-order valence-electron chi connectivity index (χ0n) is 19.9. The molecule has 6 atom stereocenters. The number of rotatable bonds is 6. The Labute approximate surface area is 210 Å². The summed E-state index contributed by atoms with van der Waals surface area (Å²) in [5, 5.41) is 72.0. The quantitative estimate of drug-likeness (QED) is 0.183. The Hall–Kier alpha value is -2.81. The van der Waals surface area contributed by atoms with Crippen molar-refractivity contribution >= 4 is 21.8 Å². The number of phenolic OH excluding ortho intramolecular Hbond substituents is 1. The normalized spacial score (nSPS) is 28.0. The fraction of sp³-hybridized carbons (Fsp3) is 0.480. The van der Waals surface area contributed by atoms with Gasteiger partial charge < -0.3 is 54.5 Å². The molecule has 1 fully saturated rings. The van der Waals surface area contributed by atoms with Crippen LogP contribution >= 0.6 is 0 Å². The number of aromatic hydroxyl groups is 1. The Balaban J connectivity index is 1.56. The smallest absolute Gasteiger partial charge is 0.200 e. The fourth-order valence-electron chi connectivity index (χ4n) is 5.26. The third-order valence-corrected chi connectivity index (χ3v) is 7.40. The van der Waals surface area contributed by atoms with E-state index in [1.807, 2.05) is 0 Å². The Bertz CT molecular complexity index is 1380. The summed E-state index contributed by atoms with van der Waals surface area (Å²) in [5.41, 5.74) is -0.666. The number of aryl methyl sites for hydroxylation is 1. The highest BCUT2D eigenvalue weighted by molar-refractivity contribution is 5.99. The van der Waals surface area contributed by atoms with E-state index in [9.17, 15) is 40.5 Å². The van der Waals surface area contributed by atoms with Crippen LogP contribution in [0.15, 0.2) is 35.1 Å². The molecule has 12 nitrogen and oxygen atoms in total. The van der Waals surface area contributed by atoms with Gasteiger partial charge in [0.2, 0.25) is 5.43 Å². The molecule has 0 bridgehead atoms. The molecule has 0 aliphatic carbocycles. The number of para-hydroxylation sites is 1. The van der Waals surface area contributed by atoms with Crippen LogP contribution in [0.1, 0.15) is 5.56 Å². The lowest BCUT2D eigenvalue weighted by Crippen LogP contribution is -2.64. The summed E-state index contributed by atoms with van der Waals surface area (Å²) in [6, 6.07) is 8.24. The second-order valence-electron chi connectivity index (χ2n) is 9.51. The molecule has 200 valence electrons. The first-order chi connectivity index (χ1) is 17.7. The molecular formula is C25H29NO11. The summed E-state index contributed by atoms with van der Waals surface area (Å²) in [6.45, 7) is -2.29. The van der Waals surface area contributed by atoms with E-state index in [0.29, 0.717) is 22.0 Å². The lowest BCUT2D eigenvalue weighted by Gasteiger charge is -2.44. The molecule has 5 rings (SSSR count). The van der Waals surface area contributed by atoms with Crippen molar-refractivity contribution < 1.29 is 50.0 Å². The van der Waals surface area contributed by atoms with Crippen LogP contribution in [0.3, 0.4) is 0 Å². The zero-order valence-corrected chi connectivity index (χ0v) is 19.9. The van der Waals surface area contributed by atoms with Crippen molar-refractivity contribution in [1.29, 1.82) is 0 Å². The van der Waals surface area contributed by atoms with Gasteiger partial charge in [0.1, 0.15) is 42.0 Å². The van der Waals surface area contributed by atoms with Crippen molar-refractivity contribution in [2.75, 3.05) is 19.8 Å². The fourth-order valence-corrected chi connectivity index (χ4v) is 5.26. The lowest BCUT2D eigenvalue weighted by atomic mass is 9.92. The van der Waals surface area contributed by atoms with Gasteiger partial charge in [-0.3, -0.25) is 4.79 Å². The minimum Gasteiger partial charge on any atom is -0.507 e. The summed E-state index contributed by atoms with van der Waals surface area (Å²) in [7, 11) is 1.74. The first-order valence-corrected chi connectivity index (χ1v) is 11.8. The van der Waals surface area contributed by atoms with Gasteiger partial charge in [-0.05, 0) is 12.1 Å². The third-order valence-electron chi connectivity index (χ3n) is 7.40. The van der Waals surface area contributed by atoms with E-state index in [2.05, 4.69) is 0 Å². The van der Waals surface area contributed by atoms with E-state index in [1.54, 1.807) is 35.9 Å². The largest absolute Gasteiger partial charge is 0.507 e. The molecule has 37 heavy (non-hydrogen) atoms. The summed E-state index contributed by atoms with van der Waals surface area (Å²) in [4.78, 5) is 13.2. The van der Waals surface area contributed by atoms with Crippen molar-refractivity contribution in [2.45, 2.75) is 48.8 Å². The Kier molecular flexibility index (Phi) is 6.63. The van der Waals surface area contributed by atoms with Crippen LogP contribution in [0.25, 0.3) is 21.8 Å². The molecular weight excluding hydrogens is 490 g/mol. The number of ether oxygens (including phenoxy) is 3. The zero-order chi connectivity index (χ0) is 26.6. The molecule has 0 spiro atoms. The first kappa shape index (κ1) is 25.8. The number of aliphatic hydroxyl groups excluding tert-OH is 6. The molecule has 0 amide bonds. The van der Waals surface area contributed by atoms with E-state index in [4.69, 9.17) is 14.2 Å². The molecule has 12 heteroatoms. The Morgan fingerprint density at radius 1 is 1.08 bits per heavy atom. The summed E-state index contributed by atoms with van der Waals surface area (Å²) >= 11 is 0. The van der Waals surface area contributed by atoms with Crippen molar-refractivity contribution in [3.8, 4) is 11.5 Å². The predicted octanol–water partition coefficient (Wildman–Crippen LogP) is -1.76. The van der Waals surface area contributed by atoms with Gasteiger partial charge in [0, 0.05) is 30.5 Å². The molecule has 0 radical (unpaired) electrons. The molecule has 2 aromatic carbocycles. The molecule has 2 aliphatic rings. The predicted molar refractivity (Wildman–Crippen MR) is 128 cm³/mol. The number of hydrogen-bond donors (Lipinski definition) is 7. The van der Waals surface area contributed by atoms with Gasteiger partial charge in [-0.2, -0.15) is 0 Å². The number of benzene rings is 2. The minimum atomic E-state index is -1.88. The number of fused-ring (bicyclic) bond motifs is 4. The Morgan fingerprint density at radius 2 is 1.78 bits per heavy atom. The molecule has 0 unspecified atom stereocenters. The van der Waals surface area contributed by atoms with Crippen LogP contribution in [0, 0.1) is 0 Å². The monoisotopic (exact) mass is 519 g/mol. The maximum absolute atomic E-state index is 13.2. The van der Waals surface area contributed by atoms with E-state index < -0.39 is 62.2 Å². The maximum atomic E-state index is 13.2. The Morgan fingerprint density at radius 3 is 2.46 bits per heavy atom. The van der Waals surface area contributed by atoms with Gasteiger partial charge in [0.25, 0.3) is 0 Å². The topological polar surface area (TPSA) is 191 Å². The van der Waals surface area contributed by atoms with Gasteiger partial charge in [-0.1, -0.05) is 12.1 Å². The van der Waals surface area contributed by atoms with Crippen LogP contribution in [-0.2, 0) is 22.9 Å². The maximum Gasteiger partial charge on any atom is 0.200 e. The van der Waals surface area contributed by atoms with Crippen LogP contribution in [0.2, 0.25) is 0 Å². The standard InChI is InChI=1S/C25H29NO11/c1-26-13-5-3-2-4-11(13)20(31)18-14(30)7-15-12(19(18)26)6-17(35-15)25(9-28,10-29)37-24-23(34)22(33)21(32)16(8-27)36-24/h2-5,7,16-17,21-24,27-30,32-34H,6,8-10H2,1H3/t16-,17+,21-,22+,23-,24+/m1/s1. The van der Waals surface area contributed by atoms with E-state index >= 15 is 0 Å². The molecule has 7 N–H and O–H groups in total. The van der Waals surface area contributed by atoms with Crippen molar-refractivity contribution in [2.24, 2.45) is 7.05 Å².